The largest absolute Gasteiger partial charge is 0.268 e. The summed E-state index contributed by atoms with van der Waals surface area (Å²) in [5.41, 5.74) is 2.15. The van der Waals surface area contributed by atoms with E-state index < -0.39 is 0 Å². The topological polar surface area (TPSA) is 47.8 Å². The van der Waals surface area contributed by atoms with Crippen molar-refractivity contribution in [1.82, 2.24) is 14.5 Å². The fraction of sp³-hybridized carbons (Fsp3) is 0. The van der Waals surface area contributed by atoms with E-state index in [4.69, 9.17) is 0 Å². The van der Waals surface area contributed by atoms with Gasteiger partial charge in [-0.3, -0.25) is 14.3 Å². The van der Waals surface area contributed by atoms with Crippen LogP contribution in [0.15, 0.2) is 71.9 Å². The molecule has 0 aliphatic heterocycles. The van der Waals surface area contributed by atoms with Crippen molar-refractivity contribution >= 4 is 21.8 Å². The van der Waals surface area contributed by atoms with Gasteiger partial charge in [0.15, 0.2) is 0 Å². The summed E-state index contributed by atoms with van der Waals surface area (Å²) in [7, 11) is 0. The minimum Gasteiger partial charge on any atom is -0.268 e. The van der Waals surface area contributed by atoms with E-state index in [0.29, 0.717) is 10.9 Å². The summed E-state index contributed by atoms with van der Waals surface area (Å²) in [5, 5.41) is 1.60. The Labute approximate surface area is 120 Å². The third-order valence-electron chi connectivity index (χ3n) is 3.54. The van der Waals surface area contributed by atoms with Gasteiger partial charge in [0.1, 0.15) is 6.33 Å². The first-order chi connectivity index (χ1) is 10.3. The van der Waals surface area contributed by atoms with E-state index in [1.54, 1.807) is 23.2 Å². The molecular formula is C17H11N3O. The number of para-hydroxylation sites is 2. The van der Waals surface area contributed by atoms with Crippen LogP contribution in [-0.4, -0.2) is 14.5 Å². The molecule has 0 spiro atoms. The molecular weight excluding hydrogens is 262 g/mol. The first-order valence-corrected chi connectivity index (χ1v) is 6.65. The van der Waals surface area contributed by atoms with Crippen molar-refractivity contribution in [1.29, 1.82) is 0 Å². The van der Waals surface area contributed by atoms with Gasteiger partial charge in [0, 0.05) is 11.6 Å². The number of rotatable bonds is 1. The fourth-order valence-electron chi connectivity index (χ4n) is 2.52. The zero-order chi connectivity index (χ0) is 14.2. The lowest BCUT2D eigenvalue weighted by molar-refractivity contribution is 0.967. The Kier molecular flexibility index (Phi) is 2.54. The summed E-state index contributed by atoms with van der Waals surface area (Å²) in [5.74, 6) is 0. The molecule has 0 unspecified atom stereocenters. The van der Waals surface area contributed by atoms with Gasteiger partial charge < -0.3 is 0 Å². The highest BCUT2D eigenvalue weighted by atomic mass is 16.1. The Balaban J connectivity index is 2.10. The second kappa shape index (κ2) is 4.52. The first kappa shape index (κ1) is 11.8. The summed E-state index contributed by atoms with van der Waals surface area (Å²) in [4.78, 5) is 21.4. The van der Waals surface area contributed by atoms with Crippen LogP contribution in [0.5, 0.6) is 0 Å². The normalized spacial score (nSPS) is 11.0. The predicted molar refractivity (Wildman–Crippen MR) is 82.6 cm³/mol. The number of aromatic nitrogens is 3. The van der Waals surface area contributed by atoms with Crippen LogP contribution in [-0.2, 0) is 0 Å². The molecule has 0 saturated carbocycles. The molecule has 21 heavy (non-hydrogen) atoms. The highest BCUT2D eigenvalue weighted by Crippen LogP contribution is 2.19. The number of fused-ring (bicyclic) bond motifs is 2. The van der Waals surface area contributed by atoms with E-state index in [1.165, 1.54) is 0 Å². The van der Waals surface area contributed by atoms with Crippen LogP contribution in [0.4, 0.5) is 0 Å². The Hall–Kier alpha value is -3.01. The standard InChI is InChI=1S/C17H11N3O/c21-17-13-7-1-2-8-14(13)19-11-20(17)15-9-3-5-12-6-4-10-18-16(12)15/h1-11H. The monoisotopic (exact) mass is 273 g/mol. The lowest BCUT2D eigenvalue weighted by Gasteiger charge is -2.09. The lowest BCUT2D eigenvalue weighted by Crippen LogP contribution is -2.19. The fourth-order valence-corrected chi connectivity index (χ4v) is 2.52. The maximum atomic E-state index is 12.7. The third-order valence-corrected chi connectivity index (χ3v) is 3.54. The van der Waals surface area contributed by atoms with Crippen LogP contribution in [0.25, 0.3) is 27.5 Å². The summed E-state index contributed by atoms with van der Waals surface area (Å²) in [6.07, 6.45) is 3.29. The molecule has 4 nitrogen and oxygen atoms in total. The minimum absolute atomic E-state index is 0.0845. The Bertz CT molecular complexity index is 1020. The molecule has 0 fully saturated rings. The highest BCUT2D eigenvalue weighted by molar-refractivity contribution is 5.87. The number of hydrogen-bond donors (Lipinski definition) is 0. The van der Waals surface area contributed by atoms with E-state index in [0.717, 1.165) is 16.6 Å². The van der Waals surface area contributed by atoms with Gasteiger partial charge in [-0.2, -0.15) is 0 Å². The van der Waals surface area contributed by atoms with Gasteiger partial charge in [-0.15, -0.1) is 0 Å². The highest BCUT2D eigenvalue weighted by Gasteiger charge is 2.08. The van der Waals surface area contributed by atoms with Gasteiger partial charge in [-0.1, -0.05) is 30.3 Å². The molecule has 0 radical (unpaired) electrons. The maximum Gasteiger partial charge on any atom is 0.265 e. The second-order valence-corrected chi connectivity index (χ2v) is 4.79. The molecule has 0 N–H and O–H groups in total. The van der Waals surface area contributed by atoms with Gasteiger partial charge in [0.25, 0.3) is 5.56 Å². The van der Waals surface area contributed by atoms with E-state index >= 15 is 0 Å². The van der Waals surface area contributed by atoms with Crippen LogP contribution in [0.2, 0.25) is 0 Å². The number of hydrogen-bond acceptors (Lipinski definition) is 3. The van der Waals surface area contributed by atoms with Crippen LogP contribution in [0.3, 0.4) is 0 Å². The lowest BCUT2D eigenvalue weighted by atomic mass is 10.2. The van der Waals surface area contributed by atoms with Crippen LogP contribution < -0.4 is 5.56 Å². The molecule has 2 aromatic heterocycles. The molecule has 0 atom stereocenters. The van der Waals surface area contributed by atoms with Gasteiger partial charge in [-0.25, -0.2) is 4.98 Å². The average molecular weight is 273 g/mol. The quantitative estimate of drug-likeness (QED) is 0.535. The molecule has 2 heterocycles. The van der Waals surface area contributed by atoms with Crippen molar-refractivity contribution in [3.05, 3.63) is 77.5 Å². The molecule has 4 heteroatoms. The van der Waals surface area contributed by atoms with Crippen molar-refractivity contribution in [3.8, 4) is 5.69 Å². The summed E-state index contributed by atoms with van der Waals surface area (Å²) in [6, 6.07) is 17.0. The molecule has 0 aliphatic carbocycles. The van der Waals surface area contributed by atoms with Crippen molar-refractivity contribution in [2.45, 2.75) is 0 Å². The van der Waals surface area contributed by atoms with Crippen molar-refractivity contribution < 1.29 is 0 Å². The Morgan fingerprint density at radius 3 is 2.67 bits per heavy atom. The Morgan fingerprint density at radius 2 is 1.71 bits per heavy atom. The van der Waals surface area contributed by atoms with Gasteiger partial charge >= 0.3 is 0 Å². The number of benzene rings is 2. The van der Waals surface area contributed by atoms with Gasteiger partial charge in [0.05, 0.1) is 22.1 Å². The molecule has 0 bridgehead atoms. The molecule has 100 valence electrons. The number of pyridine rings is 1. The molecule has 4 rings (SSSR count). The van der Waals surface area contributed by atoms with E-state index in [9.17, 15) is 4.79 Å². The Morgan fingerprint density at radius 1 is 0.857 bits per heavy atom. The van der Waals surface area contributed by atoms with Gasteiger partial charge in [-0.05, 0) is 24.3 Å². The second-order valence-electron chi connectivity index (χ2n) is 4.79. The van der Waals surface area contributed by atoms with E-state index in [1.807, 2.05) is 48.5 Å². The minimum atomic E-state index is -0.0845. The van der Waals surface area contributed by atoms with E-state index in [-0.39, 0.29) is 5.56 Å². The third kappa shape index (κ3) is 1.80. The maximum absolute atomic E-state index is 12.7. The zero-order valence-electron chi connectivity index (χ0n) is 11.1. The smallest absolute Gasteiger partial charge is 0.265 e. The number of nitrogens with zero attached hydrogens (tertiary/aromatic N) is 3. The first-order valence-electron chi connectivity index (χ1n) is 6.65. The van der Waals surface area contributed by atoms with E-state index in [2.05, 4.69) is 9.97 Å². The molecule has 0 amide bonds. The summed E-state index contributed by atoms with van der Waals surface area (Å²) >= 11 is 0. The molecule has 0 saturated heterocycles. The summed E-state index contributed by atoms with van der Waals surface area (Å²) < 4.78 is 1.55. The molecule has 4 aromatic rings. The SMILES string of the molecule is O=c1c2ccccc2ncn1-c1cccc2cccnc12. The van der Waals surface area contributed by atoms with Crippen LogP contribution in [0.1, 0.15) is 0 Å². The van der Waals surface area contributed by atoms with Crippen molar-refractivity contribution in [2.75, 3.05) is 0 Å². The summed E-state index contributed by atoms with van der Waals surface area (Å²) in [6.45, 7) is 0. The molecule has 2 aromatic carbocycles. The van der Waals surface area contributed by atoms with Crippen LogP contribution in [0, 0.1) is 0 Å². The van der Waals surface area contributed by atoms with Gasteiger partial charge in [0.2, 0.25) is 0 Å². The van der Waals surface area contributed by atoms with Crippen molar-refractivity contribution in [2.24, 2.45) is 0 Å². The van der Waals surface area contributed by atoms with Crippen LogP contribution >= 0.6 is 0 Å². The average Bonchev–Trinajstić information content (AvgIpc) is 2.55. The van der Waals surface area contributed by atoms with Crippen molar-refractivity contribution in [3.63, 3.8) is 0 Å². The molecule has 0 aliphatic rings. The predicted octanol–water partition coefficient (Wildman–Crippen LogP) is 2.93. The zero-order valence-corrected chi connectivity index (χ0v) is 11.1.